The molecule has 0 saturated heterocycles. The minimum Gasteiger partial charge on any atom is -0.344 e. The molecule has 0 amide bonds. The van der Waals surface area contributed by atoms with Crippen molar-refractivity contribution < 1.29 is 0 Å². The zero-order chi connectivity index (χ0) is 11.8. The summed E-state index contributed by atoms with van der Waals surface area (Å²) >= 11 is 1.71. The second kappa shape index (κ2) is 3.96. The lowest BCUT2D eigenvalue weighted by Crippen LogP contribution is -1.89. The van der Waals surface area contributed by atoms with Crippen LogP contribution in [-0.4, -0.2) is 11.2 Å². The van der Waals surface area contributed by atoms with E-state index in [1.165, 1.54) is 0 Å². The number of rotatable bonds is 1. The topological polar surface area (TPSA) is 37.3 Å². The Morgan fingerprint density at radius 1 is 1.24 bits per heavy atom. The van der Waals surface area contributed by atoms with Gasteiger partial charge in [0.05, 0.1) is 22.6 Å². The maximum Gasteiger partial charge on any atom is 0.122 e. The van der Waals surface area contributed by atoms with E-state index in [0.717, 1.165) is 27.1 Å². The van der Waals surface area contributed by atoms with Crippen LogP contribution in [0.2, 0.25) is 0 Å². The van der Waals surface area contributed by atoms with Crippen molar-refractivity contribution in [1.29, 1.82) is 0 Å². The van der Waals surface area contributed by atoms with E-state index in [1.54, 1.807) is 11.3 Å². The van der Waals surface area contributed by atoms with Gasteiger partial charge >= 0.3 is 0 Å². The molecule has 1 aromatic carbocycles. The summed E-state index contributed by atoms with van der Waals surface area (Å²) in [4.78, 5) is 9.06. The van der Waals surface area contributed by atoms with Gasteiger partial charge in [0.25, 0.3) is 0 Å². The molecule has 17 heavy (non-hydrogen) atoms. The van der Waals surface area contributed by atoms with Crippen molar-refractivity contribution in [2.45, 2.75) is 19.8 Å². The molecule has 0 unspecified atom stereocenters. The summed E-state index contributed by atoms with van der Waals surface area (Å²) in [7, 11) is 0. The van der Waals surface area contributed by atoms with Crippen LogP contribution in [0.25, 0.3) is 0 Å². The molecule has 3 rings (SSSR count). The number of aromatic nitrogens is 1. The molecule has 0 aliphatic carbocycles. The van der Waals surface area contributed by atoms with Crippen LogP contribution in [0, 0.1) is 0 Å². The lowest BCUT2D eigenvalue weighted by atomic mass is 10.2. The monoisotopic (exact) mass is 243 g/mol. The number of thiazole rings is 1. The summed E-state index contributed by atoms with van der Waals surface area (Å²) in [5, 5.41) is 5.64. The molecule has 3 nitrogen and oxygen atoms in total. The van der Waals surface area contributed by atoms with Gasteiger partial charge in [0.15, 0.2) is 0 Å². The Kier molecular flexibility index (Phi) is 2.44. The molecule has 0 bridgehead atoms. The number of hydrogen-bond acceptors (Lipinski definition) is 4. The number of hydrogen-bond donors (Lipinski definition) is 1. The van der Waals surface area contributed by atoms with E-state index in [2.05, 4.69) is 29.1 Å². The Hall–Kier alpha value is -1.68. The predicted molar refractivity (Wildman–Crippen MR) is 73.2 cm³/mol. The fraction of sp³-hybridized carbons (Fsp3) is 0.231. The number of anilines is 2. The SMILES string of the molecule is CC(C)c1nc2c(s1)Nc1ccccc1N=C2. The number of nitrogens with one attached hydrogen (secondary N) is 1. The lowest BCUT2D eigenvalue weighted by molar-refractivity contribution is 0.851. The Labute approximate surface area is 104 Å². The van der Waals surface area contributed by atoms with Crippen LogP contribution in [-0.2, 0) is 0 Å². The van der Waals surface area contributed by atoms with E-state index in [9.17, 15) is 0 Å². The molecule has 0 fully saturated rings. The Morgan fingerprint density at radius 3 is 2.88 bits per heavy atom. The fourth-order valence-corrected chi connectivity index (χ4v) is 2.67. The summed E-state index contributed by atoms with van der Waals surface area (Å²) in [6.45, 7) is 4.31. The molecule has 0 saturated carbocycles. The first kappa shape index (κ1) is 10.5. The van der Waals surface area contributed by atoms with E-state index >= 15 is 0 Å². The van der Waals surface area contributed by atoms with Crippen molar-refractivity contribution in [1.82, 2.24) is 4.98 Å². The van der Waals surface area contributed by atoms with Crippen molar-refractivity contribution in [3.8, 4) is 0 Å². The standard InChI is InChI=1S/C13H13N3S/c1-8(2)12-16-11-7-14-9-5-3-4-6-10(9)15-13(11)17-12/h3-8,15H,1-2H3. The number of nitrogens with zero attached hydrogens (tertiary/aromatic N) is 2. The summed E-state index contributed by atoms with van der Waals surface area (Å²) in [5.41, 5.74) is 2.94. The van der Waals surface area contributed by atoms with Crippen LogP contribution in [0.15, 0.2) is 29.3 Å². The summed E-state index contributed by atoms with van der Waals surface area (Å²) in [6, 6.07) is 8.04. The van der Waals surface area contributed by atoms with Crippen molar-refractivity contribution in [3.05, 3.63) is 35.0 Å². The third-order valence-corrected chi connectivity index (χ3v) is 3.93. The molecule has 1 aliphatic heterocycles. The highest BCUT2D eigenvalue weighted by Crippen LogP contribution is 2.36. The first-order chi connectivity index (χ1) is 8.24. The molecule has 0 spiro atoms. The van der Waals surface area contributed by atoms with Crippen LogP contribution in [0.1, 0.15) is 30.5 Å². The molecular weight excluding hydrogens is 230 g/mol. The van der Waals surface area contributed by atoms with E-state index in [1.807, 2.05) is 30.5 Å². The van der Waals surface area contributed by atoms with Gasteiger partial charge in [-0.2, -0.15) is 0 Å². The molecule has 1 N–H and O–H groups in total. The quantitative estimate of drug-likeness (QED) is 0.699. The Morgan fingerprint density at radius 2 is 2.06 bits per heavy atom. The third-order valence-electron chi connectivity index (χ3n) is 2.64. The minimum absolute atomic E-state index is 0.456. The van der Waals surface area contributed by atoms with Gasteiger partial charge in [0.1, 0.15) is 10.7 Å². The van der Waals surface area contributed by atoms with Crippen molar-refractivity contribution in [3.63, 3.8) is 0 Å². The maximum atomic E-state index is 4.60. The first-order valence-corrected chi connectivity index (χ1v) is 6.46. The molecule has 86 valence electrons. The number of fused-ring (bicyclic) bond motifs is 2. The average Bonchev–Trinajstić information content (AvgIpc) is 2.64. The van der Waals surface area contributed by atoms with E-state index in [4.69, 9.17) is 0 Å². The van der Waals surface area contributed by atoms with Gasteiger partial charge in [-0.1, -0.05) is 26.0 Å². The molecule has 0 radical (unpaired) electrons. The predicted octanol–water partition coefficient (Wildman–Crippen LogP) is 4.07. The largest absolute Gasteiger partial charge is 0.344 e. The van der Waals surface area contributed by atoms with Gasteiger partial charge in [-0.05, 0) is 12.1 Å². The zero-order valence-electron chi connectivity index (χ0n) is 9.77. The Bertz CT molecular complexity index is 584. The molecular formula is C13H13N3S. The fourth-order valence-electron chi connectivity index (χ4n) is 1.72. The Balaban J connectivity index is 2.08. The second-order valence-corrected chi connectivity index (χ2v) is 5.35. The van der Waals surface area contributed by atoms with Crippen molar-refractivity contribution in [2.75, 3.05) is 5.32 Å². The van der Waals surface area contributed by atoms with Gasteiger partial charge < -0.3 is 5.32 Å². The van der Waals surface area contributed by atoms with E-state index in [0.29, 0.717) is 5.92 Å². The molecule has 4 heteroatoms. The molecule has 2 aromatic rings. The van der Waals surface area contributed by atoms with Crippen LogP contribution in [0.5, 0.6) is 0 Å². The molecule has 0 atom stereocenters. The van der Waals surface area contributed by atoms with Gasteiger partial charge in [-0.3, -0.25) is 4.99 Å². The van der Waals surface area contributed by atoms with Gasteiger partial charge in [0, 0.05) is 5.92 Å². The highest BCUT2D eigenvalue weighted by atomic mass is 32.1. The summed E-state index contributed by atoms with van der Waals surface area (Å²) in [6.07, 6.45) is 1.84. The number of para-hydroxylation sites is 2. The van der Waals surface area contributed by atoms with Gasteiger partial charge in [0.2, 0.25) is 0 Å². The summed E-state index contributed by atoms with van der Waals surface area (Å²) < 4.78 is 0. The van der Waals surface area contributed by atoms with Gasteiger partial charge in [-0.25, -0.2) is 4.98 Å². The zero-order valence-corrected chi connectivity index (χ0v) is 10.6. The van der Waals surface area contributed by atoms with Crippen LogP contribution in [0.3, 0.4) is 0 Å². The average molecular weight is 243 g/mol. The minimum atomic E-state index is 0.456. The summed E-state index contributed by atoms with van der Waals surface area (Å²) in [5.74, 6) is 0.456. The van der Waals surface area contributed by atoms with E-state index < -0.39 is 0 Å². The van der Waals surface area contributed by atoms with E-state index in [-0.39, 0.29) is 0 Å². The maximum absolute atomic E-state index is 4.60. The van der Waals surface area contributed by atoms with Crippen LogP contribution >= 0.6 is 11.3 Å². The third kappa shape index (κ3) is 1.85. The highest BCUT2D eigenvalue weighted by Gasteiger charge is 2.15. The lowest BCUT2D eigenvalue weighted by Gasteiger charge is -2.04. The number of aliphatic imine (C=N–C) groups is 1. The highest BCUT2D eigenvalue weighted by molar-refractivity contribution is 7.16. The van der Waals surface area contributed by atoms with Gasteiger partial charge in [-0.15, -0.1) is 11.3 Å². The molecule has 1 aliphatic rings. The smallest absolute Gasteiger partial charge is 0.122 e. The van der Waals surface area contributed by atoms with Crippen molar-refractivity contribution >= 4 is 33.9 Å². The number of benzene rings is 1. The second-order valence-electron chi connectivity index (χ2n) is 4.32. The normalized spacial score (nSPS) is 12.9. The van der Waals surface area contributed by atoms with Crippen LogP contribution < -0.4 is 5.32 Å². The first-order valence-electron chi connectivity index (χ1n) is 5.65. The molecule has 1 aromatic heterocycles. The van der Waals surface area contributed by atoms with Crippen LogP contribution in [0.4, 0.5) is 16.4 Å². The molecule has 2 heterocycles. The van der Waals surface area contributed by atoms with Crippen molar-refractivity contribution in [2.24, 2.45) is 4.99 Å².